The van der Waals surface area contributed by atoms with Gasteiger partial charge < -0.3 is 5.11 Å². The third-order valence-electron chi connectivity index (χ3n) is 2.66. The van der Waals surface area contributed by atoms with Gasteiger partial charge in [-0.3, -0.25) is 0 Å². The number of allylic oxidation sites excluding steroid dienone is 3. The average Bonchev–Trinajstić information content (AvgIpc) is 2.28. The molecule has 0 aliphatic heterocycles. The van der Waals surface area contributed by atoms with Gasteiger partial charge in [0, 0.05) is 0 Å². The Kier molecular flexibility index (Phi) is 12.1. The van der Waals surface area contributed by atoms with E-state index in [-0.39, 0.29) is 6.10 Å². The van der Waals surface area contributed by atoms with Crippen LogP contribution in [0.15, 0.2) is 24.3 Å². The van der Waals surface area contributed by atoms with E-state index in [2.05, 4.69) is 38.2 Å². The minimum Gasteiger partial charge on any atom is -0.393 e. The zero-order valence-corrected chi connectivity index (χ0v) is 11.0. The predicted octanol–water partition coefficient (Wildman–Crippen LogP) is 4.62. The summed E-state index contributed by atoms with van der Waals surface area (Å²) in [5.41, 5.74) is 0. The molecule has 0 aliphatic carbocycles. The molecular weight excluding hydrogens is 196 g/mol. The molecule has 1 atom stereocenters. The number of aliphatic hydroxyl groups excluding tert-OH is 1. The molecule has 0 rings (SSSR count). The Morgan fingerprint density at radius 1 is 0.938 bits per heavy atom. The molecule has 0 aromatic heterocycles. The van der Waals surface area contributed by atoms with Crippen LogP contribution >= 0.6 is 0 Å². The lowest BCUT2D eigenvalue weighted by molar-refractivity contribution is 0.164. The predicted molar refractivity (Wildman–Crippen MR) is 72.6 cm³/mol. The molecule has 0 aromatic rings. The molecule has 0 unspecified atom stereocenters. The van der Waals surface area contributed by atoms with Gasteiger partial charge in [0.15, 0.2) is 0 Å². The first-order chi connectivity index (χ1) is 7.81. The smallest absolute Gasteiger partial charge is 0.0574 e. The van der Waals surface area contributed by atoms with E-state index in [1.807, 2.05) is 0 Å². The number of hydrogen-bond acceptors (Lipinski definition) is 1. The van der Waals surface area contributed by atoms with Crippen molar-refractivity contribution in [3.8, 4) is 0 Å². The Bertz CT molecular complexity index is 182. The molecule has 0 amide bonds. The van der Waals surface area contributed by atoms with Gasteiger partial charge >= 0.3 is 0 Å². The second kappa shape index (κ2) is 12.5. The Balaban J connectivity index is 3.39. The zero-order valence-electron chi connectivity index (χ0n) is 11.0. The summed E-state index contributed by atoms with van der Waals surface area (Å²) in [4.78, 5) is 0. The average molecular weight is 224 g/mol. The van der Waals surface area contributed by atoms with Crippen LogP contribution in [0.2, 0.25) is 0 Å². The summed E-state index contributed by atoms with van der Waals surface area (Å²) >= 11 is 0. The molecule has 1 heteroatoms. The molecule has 1 N–H and O–H groups in total. The van der Waals surface area contributed by atoms with E-state index in [4.69, 9.17) is 0 Å². The molecule has 94 valence electrons. The molecule has 16 heavy (non-hydrogen) atoms. The highest BCUT2D eigenvalue weighted by Crippen LogP contribution is 2.06. The number of hydrogen-bond donors (Lipinski definition) is 1. The van der Waals surface area contributed by atoms with Crippen molar-refractivity contribution in [2.75, 3.05) is 0 Å². The minimum absolute atomic E-state index is 0.146. The molecule has 0 saturated heterocycles. The lowest BCUT2D eigenvalue weighted by atomic mass is 10.1. The summed E-state index contributed by atoms with van der Waals surface area (Å²) < 4.78 is 0. The van der Waals surface area contributed by atoms with Crippen molar-refractivity contribution in [3.05, 3.63) is 24.3 Å². The molecule has 0 saturated carbocycles. The summed E-state index contributed by atoms with van der Waals surface area (Å²) in [6, 6.07) is 0. The normalized spacial score (nSPS) is 13.9. The number of aliphatic hydroxyl groups is 1. The first kappa shape index (κ1) is 15.4. The first-order valence-electron chi connectivity index (χ1n) is 6.81. The molecule has 0 bridgehead atoms. The van der Waals surface area contributed by atoms with Gasteiger partial charge in [0.1, 0.15) is 0 Å². The Labute approximate surface area is 101 Å². The van der Waals surface area contributed by atoms with E-state index in [0.717, 1.165) is 19.3 Å². The van der Waals surface area contributed by atoms with Crippen molar-refractivity contribution in [1.29, 1.82) is 0 Å². The van der Waals surface area contributed by atoms with Crippen LogP contribution in [0.3, 0.4) is 0 Å². The lowest BCUT2D eigenvalue weighted by Crippen LogP contribution is -2.03. The van der Waals surface area contributed by atoms with Gasteiger partial charge in [0.25, 0.3) is 0 Å². The Morgan fingerprint density at radius 3 is 2.31 bits per heavy atom. The van der Waals surface area contributed by atoms with Crippen LogP contribution in [-0.4, -0.2) is 11.2 Å². The standard InChI is InChI=1S/C15H28O/c1-3-5-7-8-9-10-12-14-15(16)13-11-6-4-2/h8-10,12,15-16H,3-7,11,13-14H2,1-2H3/b9-8+,12-10+/t15-/m0/s1. The molecule has 0 spiro atoms. The van der Waals surface area contributed by atoms with E-state index in [0.29, 0.717) is 0 Å². The van der Waals surface area contributed by atoms with Gasteiger partial charge in [-0.25, -0.2) is 0 Å². The lowest BCUT2D eigenvalue weighted by Gasteiger charge is -2.06. The molecule has 0 heterocycles. The van der Waals surface area contributed by atoms with Crippen LogP contribution in [0.25, 0.3) is 0 Å². The highest BCUT2D eigenvalue weighted by molar-refractivity contribution is 5.02. The fourth-order valence-corrected chi connectivity index (χ4v) is 1.56. The van der Waals surface area contributed by atoms with Crippen LogP contribution in [0.5, 0.6) is 0 Å². The Morgan fingerprint density at radius 2 is 1.62 bits per heavy atom. The van der Waals surface area contributed by atoms with Gasteiger partial charge in [-0.05, 0) is 19.3 Å². The second-order valence-electron chi connectivity index (χ2n) is 4.38. The van der Waals surface area contributed by atoms with Crippen molar-refractivity contribution in [3.63, 3.8) is 0 Å². The van der Waals surface area contributed by atoms with Crippen LogP contribution in [0.1, 0.15) is 65.2 Å². The van der Waals surface area contributed by atoms with Crippen LogP contribution in [-0.2, 0) is 0 Å². The summed E-state index contributed by atoms with van der Waals surface area (Å²) in [5, 5.41) is 9.64. The van der Waals surface area contributed by atoms with Crippen molar-refractivity contribution in [1.82, 2.24) is 0 Å². The van der Waals surface area contributed by atoms with Crippen molar-refractivity contribution >= 4 is 0 Å². The van der Waals surface area contributed by atoms with E-state index in [9.17, 15) is 5.11 Å². The molecular formula is C15H28O. The summed E-state index contributed by atoms with van der Waals surface area (Å²) in [7, 11) is 0. The highest BCUT2D eigenvalue weighted by atomic mass is 16.3. The third kappa shape index (κ3) is 11.5. The van der Waals surface area contributed by atoms with Gasteiger partial charge in [-0.2, -0.15) is 0 Å². The number of rotatable bonds is 10. The van der Waals surface area contributed by atoms with Crippen LogP contribution in [0.4, 0.5) is 0 Å². The monoisotopic (exact) mass is 224 g/mol. The highest BCUT2D eigenvalue weighted by Gasteiger charge is 1.99. The topological polar surface area (TPSA) is 20.2 Å². The largest absolute Gasteiger partial charge is 0.393 e. The van der Waals surface area contributed by atoms with E-state index in [1.165, 1.54) is 32.1 Å². The van der Waals surface area contributed by atoms with Gasteiger partial charge in [0.2, 0.25) is 0 Å². The molecule has 0 fully saturated rings. The van der Waals surface area contributed by atoms with Gasteiger partial charge in [-0.15, -0.1) is 0 Å². The summed E-state index contributed by atoms with van der Waals surface area (Å²) in [5.74, 6) is 0. The zero-order chi connectivity index (χ0) is 12.1. The van der Waals surface area contributed by atoms with Gasteiger partial charge in [0.05, 0.1) is 6.10 Å². The SMILES string of the molecule is CCCC/C=C/C=C/C[C@@H](O)CCCCC. The van der Waals surface area contributed by atoms with E-state index < -0.39 is 0 Å². The van der Waals surface area contributed by atoms with E-state index >= 15 is 0 Å². The summed E-state index contributed by atoms with van der Waals surface area (Å²) in [6.45, 7) is 4.39. The molecule has 1 nitrogen and oxygen atoms in total. The quantitative estimate of drug-likeness (QED) is 0.424. The molecule has 0 aromatic carbocycles. The maximum absolute atomic E-state index is 9.64. The van der Waals surface area contributed by atoms with Crippen molar-refractivity contribution in [2.45, 2.75) is 71.3 Å². The summed E-state index contributed by atoms with van der Waals surface area (Å²) in [6.07, 6.45) is 17.3. The minimum atomic E-state index is -0.146. The van der Waals surface area contributed by atoms with E-state index in [1.54, 1.807) is 0 Å². The fraction of sp³-hybridized carbons (Fsp3) is 0.733. The van der Waals surface area contributed by atoms with Crippen molar-refractivity contribution < 1.29 is 5.11 Å². The number of unbranched alkanes of at least 4 members (excludes halogenated alkanes) is 4. The second-order valence-corrected chi connectivity index (χ2v) is 4.38. The maximum Gasteiger partial charge on any atom is 0.0574 e. The van der Waals surface area contributed by atoms with Gasteiger partial charge in [-0.1, -0.05) is 70.3 Å². The van der Waals surface area contributed by atoms with Crippen LogP contribution in [0, 0.1) is 0 Å². The van der Waals surface area contributed by atoms with Crippen LogP contribution < -0.4 is 0 Å². The first-order valence-corrected chi connectivity index (χ1v) is 6.81. The third-order valence-corrected chi connectivity index (χ3v) is 2.66. The molecule has 0 aliphatic rings. The maximum atomic E-state index is 9.64. The fourth-order valence-electron chi connectivity index (χ4n) is 1.56. The molecule has 0 radical (unpaired) electrons. The van der Waals surface area contributed by atoms with Crippen molar-refractivity contribution in [2.24, 2.45) is 0 Å². The Hall–Kier alpha value is -0.560.